The third-order valence-electron chi connectivity index (χ3n) is 10.4. The van der Waals surface area contributed by atoms with Crippen molar-refractivity contribution >= 4 is 39.8 Å². The first kappa shape index (κ1) is 29.4. The number of ketones is 1. The molecule has 2 amide bonds. The molecule has 7 rings (SSSR count). The van der Waals surface area contributed by atoms with Gasteiger partial charge in [0, 0.05) is 42.4 Å². The van der Waals surface area contributed by atoms with Gasteiger partial charge >= 0.3 is 6.09 Å². The Hall–Kier alpha value is -4.34. The number of ether oxygens (including phenoxy) is 2. The first-order valence-electron chi connectivity index (χ1n) is 15.7. The number of piperidine rings is 1. The van der Waals surface area contributed by atoms with Crippen LogP contribution in [0.2, 0.25) is 0 Å². The number of carbonyl (C=O) groups is 3. The summed E-state index contributed by atoms with van der Waals surface area (Å²) in [5.74, 6) is 1.56. The maximum absolute atomic E-state index is 14.4. The van der Waals surface area contributed by atoms with Gasteiger partial charge in [-0.15, -0.1) is 0 Å². The molecule has 10 heteroatoms. The first-order valence-corrected chi connectivity index (χ1v) is 15.7. The topological polar surface area (TPSA) is 130 Å². The zero-order chi connectivity index (χ0) is 32.0. The molecule has 2 saturated carbocycles. The van der Waals surface area contributed by atoms with Crippen LogP contribution in [0.4, 0.5) is 4.79 Å². The van der Waals surface area contributed by atoms with Gasteiger partial charge in [0.05, 0.1) is 23.7 Å². The lowest BCUT2D eigenvalue weighted by Gasteiger charge is -2.49. The number of Topliss-reactive ketones (excluding diaryl/α,β-unsaturated/α-hetero) is 1. The molecule has 0 spiro atoms. The van der Waals surface area contributed by atoms with E-state index in [0.717, 1.165) is 59.9 Å². The lowest BCUT2D eigenvalue weighted by atomic mass is 9.70. The number of aromatic nitrogens is 2. The molecule has 4 aromatic rings. The van der Waals surface area contributed by atoms with Gasteiger partial charge < -0.3 is 29.1 Å². The average molecular weight is 613 g/mol. The quantitative estimate of drug-likeness (QED) is 0.236. The number of pyridine rings is 1. The Labute approximate surface area is 261 Å². The minimum Gasteiger partial charge on any atom is -0.496 e. The Bertz CT molecular complexity index is 1890. The number of rotatable bonds is 7. The molecule has 1 saturated heterocycles. The number of furan rings is 1. The van der Waals surface area contributed by atoms with E-state index in [1.807, 2.05) is 17.9 Å². The predicted molar refractivity (Wildman–Crippen MR) is 169 cm³/mol. The molecule has 3 aromatic heterocycles. The third kappa shape index (κ3) is 4.43. The molecule has 2 N–H and O–H groups in total. The van der Waals surface area contributed by atoms with Gasteiger partial charge in [0.15, 0.2) is 11.5 Å². The zero-order valence-corrected chi connectivity index (χ0v) is 26.7. The summed E-state index contributed by atoms with van der Waals surface area (Å²) in [6, 6.07) is 9.33. The maximum atomic E-state index is 14.4. The van der Waals surface area contributed by atoms with E-state index in [1.54, 1.807) is 25.3 Å². The van der Waals surface area contributed by atoms with Crippen molar-refractivity contribution in [1.29, 1.82) is 0 Å². The van der Waals surface area contributed by atoms with E-state index in [-0.39, 0.29) is 23.0 Å². The maximum Gasteiger partial charge on any atom is 0.404 e. The number of fused-ring (bicyclic) bond motifs is 4. The van der Waals surface area contributed by atoms with Gasteiger partial charge in [-0.1, -0.05) is 20.8 Å². The second-order valence-electron chi connectivity index (χ2n) is 14.1. The van der Waals surface area contributed by atoms with Crippen LogP contribution in [0, 0.1) is 24.2 Å². The highest BCUT2D eigenvalue weighted by Gasteiger charge is 2.66. The van der Waals surface area contributed by atoms with Gasteiger partial charge in [0.1, 0.15) is 28.8 Å². The van der Waals surface area contributed by atoms with Crippen LogP contribution >= 0.6 is 0 Å². The summed E-state index contributed by atoms with van der Waals surface area (Å²) in [6.45, 7) is 11.0. The van der Waals surface area contributed by atoms with Crippen molar-refractivity contribution in [2.75, 3.05) is 13.7 Å². The van der Waals surface area contributed by atoms with Crippen LogP contribution in [0.5, 0.6) is 5.75 Å². The number of hydrogen-bond acceptors (Lipinski definition) is 7. The number of aryl methyl sites for hydroxylation is 1. The fraction of sp³-hybridized carbons (Fsp3) is 0.486. The summed E-state index contributed by atoms with van der Waals surface area (Å²) in [5, 5.41) is 1.73. The highest BCUT2D eigenvalue weighted by molar-refractivity contribution is 6.03. The van der Waals surface area contributed by atoms with E-state index in [2.05, 4.69) is 31.4 Å². The summed E-state index contributed by atoms with van der Waals surface area (Å²) >= 11 is 0. The van der Waals surface area contributed by atoms with E-state index >= 15 is 0 Å². The van der Waals surface area contributed by atoms with Crippen LogP contribution in [-0.4, -0.2) is 57.5 Å². The number of nitrogens with two attached hydrogens (primary N) is 1. The molecule has 2 unspecified atom stereocenters. The Kier molecular flexibility index (Phi) is 6.58. The van der Waals surface area contributed by atoms with Crippen molar-refractivity contribution in [1.82, 2.24) is 14.5 Å². The van der Waals surface area contributed by atoms with Crippen molar-refractivity contribution in [3.05, 3.63) is 47.2 Å². The van der Waals surface area contributed by atoms with E-state index < -0.39 is 17.7 Å². The molecule has 1 aliphatic heterocycles. The summed E-state index contributed by atoms with van der Waals surface area (Å²) < 4.78 is 20.3. The van der Waals surface area contributed by atoms with Crippen LogP contribution < -0.4 is 10.5 Å². The molecule has 2 aliphatic carbocycles. The van der Waals surface area contributed by atoms with E-state index in [4.69, 9.17) is 24.6 Å². The summed E-state index contributed by atoms with van der Waals surface area (Å²) in [6.07, 6.45) is 2.61. The molecule has 236 valence electrons. The number of benzene rings is 1. The van der Waals surface area contributed by atoms with Gasteiger partial charge in [0.2, 0.25) is 0 Å². The van der Waals surface area contributed by atoms with Crippen molar-refractivity contribution in [2.45, 2.75) is 78.5 Å². The van der Waals surface area contributed by atoms with E-state index in [1.165, 1.54) is 6.92 Å². The zero-order valence-electron chi connectivity index (χ0n) is 26.7. The molecule has 1 aromatic carbocycles. The number of nitrogens with zero attached hydrogens (tertiary/aromatic N) is 3. The normalized spacial score (nSPS) is 22.8. The summed E-state index contributed by atoms with van der Waals surface area (Å²) in [7, 11) is 1.59. The van der Waals surface area contributed by atoms with Crippen molar-refractivity contribution < 1.29 is 28.3 Å². The lowest BCUT2D eigenvalue weighted by Crippen LogP contribution is -2.60. The third-order valence-corrected chi connectivity index (χ3v) is 10.4. The minimum absolute atomic E-state index is 0.0225. The number of hydrogen-bond donors (Lipinski definition) is 1. The molecule has 3 atom stereocenters. The van der Waals surface area contributed by atoms with Gasteiger partial charge in [-0.05, 0) is 74.3 Å². The van der Waals surface area contributed by atoms with Crippen molar-refractivity contribution in [3.63, 3.8) is 0 Å². The average Bonchev–Trinajstić information content (AvgIpc) is 3.38. The molecule has 10 nitrogen and oxygen atoms in total. The monoisotopic (exact) mass is 612 g/mol. The molecule has 45 heavy (non-hydrogen) atoms. The van der Waals surface area contributed by atoms with Crippen LogP contribution in [-0.2, 0) is 11.3 Å². The second kappa shape index (κ2) is 10.1. The van der Waals surface area contributed by atoms with E-state index in [0.29, 0.717) is 40.8 Å². The van der Waals surface area contributed by atoms with Crippen LogP contribution in [0.1, 0.15) is 79.8 Å². The SMILES string of the molecule is COc1cc(C(=O)N2CC3CCC2(C(C)(C)C)[C@@H]3OC(N)=O)cc2oc(-c3cc4ccc(C(C)=O)nc4n3CC3CC3)c(C)c12. The Morgan fingerprint density at radius 3 is 2.53 bits per heavy atom. The molecule has 3 fully saturated rings. The van der Waals surface area contributed by atoms with Gasteiger partial charge in [-0.2, -0.15) is 0 Å². The number of carbonyl (C=O) groups excluding carboxylic acids is 3. The highest BCUT2D eigenvalue weighted by Crippen LogP contribution is 2.57. The minimum atomic E-state index is -0.816. The van der Waals surface area contributed by atoms with E-state index in [9.17, 15) is 14.4 Å². The second-order valence-corrected chi connectivity index (χ2v) is 14.1. The molecule has 0 radical (unpaired) electrons. The highest BCUT2D eigenvalue weighted by atomic mass is 16.6. The summed E-state index contributed by atoms with van der Waals surface area (Å²) in [5.41, 5.74) is 8.39. The van der Waals surface area contributed by atoms with Crippen LogP contribution in [0.25, 0.3) is 33.5 Å². The predicted octanol–water partition coefficient (Wildman–Crippen LogP) is 6.49. The van der Waals surface area contributed by atoms with Crippen molar-refractivity contribution in [2.24, 2.45) is 23.0 Å². The molecular formula is C35H40N4O6. The van der Waals surface area contributed by atoms with Gasteiger partial charge in [0.25, 0.3) is 5.91 Å². The number of methoxy groups -OCH3 is 1. The molecular weight excluding hydrogens is 572 g/mol. The Balaban J connectivity index is 1.34. The Morgan fingerprint density at radius 2 is 1.89 bits per heavy atom. The van der Waals surface area contributed by atoms with Crippen molar-refractivity contribution in [3.8, 4) is 17.2 Å². The number of amides is 2. The number of likely N-dealkylation sites (tertiary alicyclic amines) is 1. The molecule has 4 heterocycles. The van der Waals surface area contributed by atoms with Gasteiger partial charge in [-0.3, -0.25) is 9.59 Å². The van der Waals surface area contributed by atoms with Gasteiger partial charge in [-0.25, -0.2) is 9.78 Å². The summed E-state index contributed by atoms with van der Waals surface area (Å²) in [4.78, 5) is 45.1. The Morgan fingerprint density at radius 1 is 1.13 bits per heavy atom. The lowest BCUT2D eigenvalue weighted by molar-refractivity contribution is -0.0359. The number of primary amides is 1. The standard InChI is InChI=1S/C35H40N4O6/c1-18-28-26(43-6)14-23(32(41)39-17-22-11-12-35(39,34(3,4)5)30(22)45-33(36)42)15-27(28)44-29(18)25-13-21-9-10-24(19(2)40)37-31(21)38(25)16-20-7-8-20/h9-10,13-15,20,22,30H,7-8,11-12,16-17H2,1-6H3,(H2,36,42)/t22?,30-,35?/m1/s1. The first-order chi connectivity index (χ1) is 21.3. The smallest absolute Gasteiger partial charge is 0.404 e. The van der Waals surface area contributed by atoms with Crippen LogP contribution in [0.3, 0.4) is 0 Å². The molecule has 2 bridgehead atoms. The molecule has 3 aliphatic rings. The van der Waals surface area contributed by atoms with Crippen LogP contribution in [0.15, 0.2) is 34.7 Å². The fourth-order valence-corrected chi connectivity index (χ4v) is 8.03. The fourth-order valence-electron chi connectivity index (χ4n) is 8.03. The largest absolute Gasteiger partial charge is 0.496 e.